The second-order valence-corrected chi connectivity index (χ2v) is 19.6. The number of nitrogens with zero attached hydrogens (tertiary/aromatic N) is 3. The van der Waals surface area contributed by atoms with Crippen LogP contribution in [0.2, 0.25) is 0 Å². The summed E-state index contributed by atoms with van der Waals surface area (Å²) in [7, 11) is 0. The van der Waals surface area contributed by atoms with Crippen molar-refractivity contribution < 1.29 is 28.7 Å². The maximum absolute atomic E-state index is 14.7. The van der Waals surface area contributed by atoms with Crippen molar-refractivity contribution in [3.8, 4) is 11.1 Å². The number of hydrazine groups is 1. The number of benzene rings is 5. The smallest absolute Gasteiger partial charge is 0.407 e. The predicted octanol–water partition coefficient (Wildman–Crippen LogP) is 8.72. The summed E-state index contributed by atoms with van der Waals surface area (Å²) in [6, 6.07) is 43.1. The molecule has 0 radical (unpaired) electrons. The molecule has 1 fully saturated rings. The van der Waals surface area contributed by atoms with Crippen molar-refractivity contribution in [3.05, 3.63) is 186 Å². The number of esters is 1. The van der Waals surface area contributed by atoms with Gasteiger partial charge in [0, 0.05) is 25.1 Å². The van der Waals surface area contributed by atoms with Crippen molar-refractivity contribution in [1.29, 1.82) is 0 Å². The molecule has 3 atom stereocenters. The van der Waals surface area contributed by atoms with E-state index in [-0.39, 0.29) is 25.5 Å². The number of halogens is 3. The molecular weight excluding hydrogens is 911 g/mol. The van der Waals surface area contributed by atoms with Gasteiger partial charge < -0.3 is 24.7 Å². The average Bonchev–Trinajstić information content (AvgIpc) is 3.94. The molecule has 3 N–H and O–H groups in total. The van der Waals surface area contributed by atoms with Crippen molar-refractivity contribution >= 4 is 58.7 Å². The number of alkyl carbamates (subject to hydrolysis) is 1. The first kappa shape index (κ1) is 47.3. The molecule has 346 valence electrons. The molecular formula is C52H51Cl3N6O6. The fraction of sp³-hybridized carbons (Fsp3) is 0.288. The minimum Gasteiger partial charge on any atom is -0.460 e. The molecule has 15 heteroatoms. The lowest BCUT2D eigenvalue weighted by atomic mass is 9.77. The molecule has 0 saturated carbocycles. The van der Waals surface area contributed by atoms with Gasteiger partial charge in [-0.1, -0.05) is 188 Å². The van der Waals surface area contributed by atoms with Gasteiger partial charge in [-0.15, -0.1) is 0 Å². The van der Waals surface area contributed by atoms with Gasteiger partial charge in [0.15, 0.2) is 0 Å². The molecule has 0 spiro atoms. The van der Waals surface area contributed by atoms with E-state index in [1.54, 1.807) is 20.2 Å². The standard InChI is InChI=1S/C52H51Cl3N6O6/c1-34(2)46(58-50(65)66-31-43-41-25-14-12-23-39(41)40-24-13-15-26-42(40)43)47(62)57-45(48(63)61-28-16-27-44(59-61)49(64)67-32-51(53,54)55)29-38-30-60(33-56-38)52(35-17-6-3-7-18-35,36-19-8-4-9-20-36)37-21-10-5-11-22-37/h3-15,17-26,30,33-34,43-46,59H,16,27-29,31-32H2,1-2H3,(H,57,62)(H,58,65). The van der Waals surface area contributed by atoms with E-state index in [0.717, 1.165) is 38.9 Å². The summed E-state index contributed by atoms with van der Waals surface area (Å²) in [5.41, 5.74) is 9.79. The van der Waals surface area contributed by atoms with Crippen molar-refractivity contribution in [2.24, 2.45) is 5.92 Å². The molecule has 67 heavy (non-hydrogen) atoms. The Kier molecular flexibility index (Phi) is 14.7. The Labute approximate surface area is 404 Å². The number of carbonyl (C=O) groups is 4. The predicted molar refractivity (Wildman–Crippen MR) is 258 cm³/mol. The van der Waals surface area contributed by atoms with E-state index in [9.17, 15) is 19.2 Å². The summed E-state index contributed by atoms with van der Waals surface area (Å²) < 4.78 is 11.3. The van der Waals surface area contributed by atoms with Crippen LogP contribution in [0.15, 0.2) is 152 Å². The molecule has 1 saturated heterocycles. The van der Waals surface area contributed by atoms with Gasteiger partial charge in [0.25, 0.3) is 5.91 Å². The van der Waals surface area contributed by atoms with Gasteiger partial charge in [-0.3, -0.25) is 19.4 Å². The van der Waals surface area contributed by atoms with E-state index in [1.165, 1.54) is 5.01 Å². The monoisotopic (exact) mass is 960 g/mol. The molecule has 5 aromatic carbocycles. The van der Waals surface area contributed by atoms with Crippen LogP contribution in [-0.2, 0) is 35.8 Å². The highest BCUT2D eigenvalue weighted by Crippen LogP contribution is 2.45. The number of carbonyl (C=O) groups excluding carboxylic acids is 4. The molecule has 2 aliphatic rings. The fourth-order valence-electron chi connectivity index (χ4n) is 9.17. The third kappa shape index (κ3) is 10.5. The molecule has 3 unspecified atom stereocenters. The summed E-state index contributed by atoms with van der Waals surface area (Å²) >= 11 is 17.5. The summed E-state index contributed by atoms with van der Waals surface area (Å²) in [5, 5.41) is 7.03. The molecule has 3 amide bonds. The van der Waals surface area contributed by atoms with Crippen molar-refractivity contribution in [2.75, 3.05) is 19.8 Å². The Bertz CT molecular complexity index is 2540. The lowest BCUT2D eigenvalue weighted by Crippen LogP contribution is -2.62. The minimum atomic E-state index is -1.82. The van der Waals surface area contributed by atoms with Crippen LogP contribution in [0.3, 0.4) is 0 Å². The lowest BCUT2D eigenvalue weighted by molar-refractivity contribution is -0.153. The van der Waals surface area contributed by atoms with Crippen molar-refractivity contribution in [2.45, 2.75) is 66.5 Å². The number of ether oxygens (including phenoxy) is 2. The first-order valence-electron chi connectivity index (χ1n) is 22.3. The topological polar surface area (TPSA) is 144 Å². The van der Waals surface area contributed by atoms with Crippen LogP contribution < -0.4 is 16.1 Å². The number of aromatic nitrogens is 2. The van der Waals surface area contributed by atoms with Crippen LogP contribution in [0.5, 0.6) is 0 Å². The van der Waals surface area contributed by atoms with Gasteiger partial charge in [0.2, 0.25) is 9.70 Å². The number of hydrogen-bond donors (Lipinski definition) is 3. The Morgan fingerprint density at radius 2 is 1.28 bits per heavy atom. The van der Waals surface area contributed by atoms with Crippen molar-refractivity contribution in [1.82, 2.24) is 30.6 Å². The Morgan fingerprint density at radius 3 is 1.82 bits per heavy atom. The zero-order valence-electron chi connectivity index (χ0n) is 37.0. The number of fused-ring (bicyclic) bond motifs is 3. The summed E-state index contributed by atoms with van der Waals surface area (Å²) in [6.07, 6.45) is 3.58. The maximum Gasteiger partial charge on any atom is 0.407 e. The van der Waals surface area contributed by atoms with Crippen LogP contribution >= 0.6 is 34.8 Å². The highest BCUT2D eigenvalue weighted by Gasteiger charge is 2.40. The normalized spacial score (nSPS) is 15.8. The van der Waals surface area contributed by atoms with E-state index in [1.807, 2.05) is 102 Å². The van der Waals surface area contributed by atoms with E-state index < -0.39 is 63.9 Å². The number of imidazole rings is 1. The Morgan fingerprint density at radius 1 is 0.746 bits per heavy atom. The van der Waals surface area contributed by atoms with Gasteiger partial charge in [0.1, 0.15) is 36.9 Å². The summed E-state index contributed by atoms with van der Waals surface area (Å²) in [5.74, 6) is -2.44. The lowest BCUT2D eigenvalue weighted by Gasteiger charge is -2.37. The van der Waals surface area contributed by atoms with Gasteiger partial charge in [-0.05, 0) is 57.7 Å². The average molecular weight is 962 g/mol. The quantitative estimate of drug-likeness (QED) is 0.0527. The largest absolute Gasteiger partial charge is 0.460 e. The highest BCUT2D eigenvalue weighted by atomic mass is 35.6. The second-order valence-electron chi connectivity index (χ2n) is 17.1. The first-order chi connectivity index (χ1) is 32.3. The Balaban J connectivity index is 1.07. The maximum atomic E-state index is 14.7. The number of alkyl halides is 3. The molecule has 6 aromatic rings. The Hall–Kier alpha value is -6.18. The molecule has 1 aliphatic heterocycles. The molecule has 12 nitrogen and oxygen atoms in total. The molecule has 8 rings (SSSR count). The van der Waals surface area contributed by atoms with E-state index in [2.05, 4.69) is 64.6 Å². The third-order valence-electron chi connectivity index (χ3n) is 12.3. The zero-order chi connectivity index (χ0) is 47.1. The first-order valence-corrected chi connectivity index (χ1v) is 23.4. The SMILES string of the molecule is CC(C)C(NC(=O)OCC1c2ccccc2-c2ccccc21)C(=O)NC(Cc1cn(C(c2ccccc2)(c2ccccc2)c2ccccc2)cn1)C(=O)N1CCCC(C(=O)OCC(Cl)(Cl)Cl)N1. The van der Waals surface area contributed by atoms with Gasteiger partial charge in [-0.25, -0.2) is 15.2 Å². The van der Waals surface area contributed by atoms with Crippen LogP contribution in [0.1, 0.15) is 66.1 Å². The fourth-order valence-corrected chi connectivity index (χ4v) is 9.33. The van der Waals surface area contributed by atoms with Crippen LogP contribution in [-0.4, -0.2) is 80.1 Å². The van der Waals surface area contributed by atoms with Crippen LogP contribution in [0, 0.1) is 5.92 Å². The zero-order valence-corrected chi connectivity index (χ0v) is 39.3. The van der Waals surface area contributed by atoms with E-state index in [4.69, 9.17) is 49.3 Å². The highest BCUT2D eigenvalue weighted by molar-refractivity contribution is 6.67. The molecule has 1 aliphatic carbocycles. The van der Waals surface area contributed by atoms with Crippen LogP contribution in [0.25, 0.3) is 11.1 Å². The number of rotatable bonds is 15. The van der Waals surface area contributed by atoms with Gasteiger partial charge in [0.05, 0.1) is 12.0 Å². The van der Waals surface area contributed by atoms with Crippen LogP contribution in [0.4, 0.5) is 4.79 Å². The molecule has 0 bridgehead atoms. The number of hydrogen-bond acceptors (Lipinski definition) is 8. The summed E-state index contributed by atoms with van der Waals surface area (Å²) in [4.78, 5) is 60.7. The van der Waals surface area contributed by atoms with Gasteiger partial charge in [-0.2, -0.15) is 0 Å². The third-order valence-corrected chi connectivity index (χ3v) is 12.6. The second kappa shape index (κ2) is 20.8. The van der Waals surface area contributed by atoms with Gasteiger partial charge >= 0.3 is 12.1 Å². The summed E-state index contributed by atoms with van der Waals surface area (Å²) in [6.45, 7) is 3.38. The van der Waals surface area contributed by atoms with E-state index >= 15 is 0 Å². The minimum absolute atomic E-state index is 0.0532. The molecule has 2 heterocycles. The number of amides is 3. The van der Waals surface area contributed by atoms with E-state index in [0.29, 0.717) is 18.5 Å². The number of nitrogens with one attached hydrogen (secondary N) is 3. The van der Waals surface area contributed by atoms with Crippen molar-refractivity contribution in [3.63, 3.8) is 0 Å². The molecule has 1 aromatic heterocycles.